The van der Waals surface area contributed by atoms with Gasteiger partial charge in [0, 0.05) is 0 Å². The summed E-state index contributed by atoms with van der Waals surface area (Å²) in [7, 11) is 0. The molecular formula is C47H43Al. The second-order valence-electron chi connectivity index (χ2n) is 13.0. The number of hydrogen-bond acceptors (Lipinski definition) is 0. The van der Waals surface area contributed by atoms with Gasteiger partial charge in [0.2, 0.25) is 0 Å². The molecule has 0 amide bonds. The maximum atomic E-state index is 2.36. The molecule has 0 aliphatic heterocycles. The van der Waals surface area contributed by atoms with Crippen LogP contribution in [0.3, 0.4) is 0 Å². The molecule has 0 aromatic heterocycles. The highest BCUT2D eigenvalue weighted by molar-refractivity contribution is 7.19. The molecule has 0 atom stereocenters. The van der Waals surface area contributed by atoms with Crippen LogP contribution in [0.2, 0.25) is 0 Å². The monoisotopic (exact) mass is 634 g/mol. The number of rotatable bonds is 7. The van der Waals surface area contributed by atoms with Crippen molar-refractivity contribution in [3.05, 3.63) is 233 Å². The highest BCUT2D eigenvalue weighted by Crippen LogP contribution is 2.30. The van der Waals surface area contributed by atoms with Crippen LogP contribution in [0.5, 0.6) is 0 Å². The Kier molecular flexibility index (Phi) is 10.4. The summed E-state index contributed by atoms with van der Waals surface area (Å²) in [6.07, 6.45) is 0. The lowest BCUT2D eigenvalue weighted by atomic mass is 9.85. The molecule has 0 fully saturated rings. The van der Waals surface area contributed by atoms with Crippen LogP contribution < -0.4 is 17.7 Å². The van der Waals surface area contributed by atoms with Crippen LogP contribution >= 0.6 is 0 Å². The van der Waals surface area contributed by atoms with E-state index >= 15 is 0 Å². The molecule has 0 nitrogen and oxygen atoms in total. The zero-order valence-electron chi connectivity index (χ0n) is 28.5. The second-order valence-corrected chi connectivity index (χ2v) is 17.4. The van der Waals surface area contributed by atoms with E-state index in [2.05, 4.69) is 216 Å². The first kappa shape index (κ1) is 32.9. The summed E-state index contributed by atoms with van der Waals surface area (Å²) in [5.74, 6) is 1.28. The highest BCUT2D eigenvalue weighted by Gasteiger charge is 2.36. The zero-order chi connectivity index (χ0) is 33.3. The summed E-state index contributed by atoms with van der Waals surface area (Å²) in [5.41, 5.74) is 8.97. The van der Waals surface area contributed by atoms with Crippen LogP contribution in [0.15, 0.2) is 188 Å². The van der Waals surface area contributed by atoms with Crippen molar-refractivity contribution in [2.24, 2.45) is 0 Å². The van der Waals surface area contributed by atoms with Crippen LogP contribution in [-0.2, 0) is 0 Å². The van der Waals surface area contributed by atoms with Crippen molar-refractivity contribution in [2.45, 2.75) is 27.7 Å². The fourth-order valence-corrected chi connectivity index (χ4v) is 12.3. The second kappa shape index (κ2) is 15.2. The van der Waals surface area contributed by atoms with E-state index in [9.17, 15) is 0 Å². The van der Waals surface area contributed by atoms with Gasteiger partial charge in [0.25, 0.3) is 13.1 Å². The standard InChI is InChI=1S/C19H15.4C7H7.Al/c1-4-10-16(11-5-1)19(17-12-6-2-7-13-17)18-14-8-3-9-15-18;4*1-7-5-3-2-4-6-7;/h1-15H;4*3-6H,1H3;/q+1;;;;;-1. The van der Waals surface area contributed by atoms with E-state index in [1.54, 1.807) is 0 Å². The minimum Gasteiger partial charge on any atom is -0.218 e. The smallest absolute Gasteiger partial charge is 0.218 e. The Labute approximate surface area is 290 Å². The molecule has 48 heavy (non-hydrogen) atoms. The SMILES string of the molecule is Cc1cc[c]([Al-]([c]2ccc(C)cc2)([c]2ccc(C)cc2)[c]2ccc(C)cc2)cc1.c1ccc([C+](c2ccccc2)c2ccccc2)cc1. The minimum absolute atomic E-state index is 1.25. The van der Waals surface area contributed by atoms with Crippen LogP contribution in [0.25, 0.3) is 0 Å². The Balaban J connectivity index is 0.000000182. The van der Waals surface area contributed by atoms with Crippen LogP contribution in [0.4, 0.5) is 0 Å². The largest absolute Gasteiger partial charge is 0.266 e. The quantitative estimate of drug-likeness (QED) is 0.0933. The molecule has 7 aromatic rings. The fraction of sp³-hybridized carbons (Fsp3) is 0.0851. The van der Waals surface area contributed by atoms with Gasteiger partial charge in [0.05, 0.1) is 22.6 Å². The fourth-order valence-electron chi connectivity index (χ4n) is 6.89. The number of benzene rings is 7. The highest BCUT2D eigenvalue weighted by atomic mass is 27.2. The van der Waals surface area contributed by atoms with Crippen LogP contribution in [-0.4, -0.2) is 13.1 Å². The molecular weight excluding hydrogens is 591 g/mol. The zero-order valence-corrected chi connectivity index (χ0v) is 29.6. The Morgan fingerprint density at radius 1 is 0.271 bits per heavy atom. The first-order valence-electron chi connectivity index (χ1n) is 16.9. The third kappa shape index (κ3) is 7.25. The number of hydrogen-bond donors (Lipinski definition) is 0. The van der Waals surface area contributed by atoms with Crippen molar-refractivity contribution < 1.29 is 0 Å². The first-order chi connectivity index (χ1) is 23.4. The lowest BCUT2D eigenvalue weighted by molar-refractivity contribution is 1.23. The van der Waals surface area contributed by atoms with Crippen molar-refractivity contribution in [3.63, 3.8) is 0 Å². The molecule has 0 heterocycles. The van der Waals surface area contributed by atoms with Gasteiger partial charge >= 0.3 is 0 Å². The summed E-state index contributed by atoms with van der Waals surface area (Å²) in [6, 6.07) is 68.6. The van der Waals surface area contributed by atoms with Crippen molar-refractivity contribution in [1.29, 1.82) is 0 Å². The lowest BCUT2D eigenvalue weighted by Gasteiger charge is -2.41. The van der Waals surface area contributed by atoms with Crippen LogP contribution in [0.1, 0.15) is 38.9 Å². The van der Waals surface area contributed by atoms with E-state index in [0.717, 1.165) is 0 Å². The molecule has 7 rings (SSSR count). The average Bonchev–Trinajstić information content (AvgIpc) is 3.13. The molecule has 1 heteroatoms. The van der Waals surface area contributed by atoms with Crippen molar-refractivity contribution >= 4 is 30.8 Å². The molecule has 0 saturated heterocycles. The molecule has 234 valence electrons. The molecule has 0 N–H and O–H groups in total. The molecule has 0 unspecified atom stereocenters. The van der Waals surface area contributed by atoms with Gasteiger partial charge in [-0.1, -0.05) is 89.0 Å². The van der Waals surface area contributed by atoms with Gasteiger partial charge in [-0.15, -0.1) is 48.5 Å². The van der Waals surface area contributed by atoms with E-state index in [0.29, 0.717) is 0 Å². The molecule has 0 aliphatic rings. The summed E-state index contributed by atoms with van der Waals surface area (Å²) in [6.45, 7) is 8.67. The molecule has 0 aliphatic carbocycles. The van der Waals surface area contributed by atoms with Gasteiger partial charge in [-0.25, -0.2) is 17.7 Å². The van der Waals surface area contributed by atoms with E-state index in [1.165, 1.54) is 62.6 Å². The van der Waals surface area contributed by atoms with E-state index in [-0.39, 0.29) is 0 Å². The van der Waals surface area contributed by atoms with E-state index in [1.807, 2.05) is 0 Å². The first-order valence-corrected chi connectivity index (χ1v) is 19.2. The maximum absolute atomic E-state index is 2.80. The predicted octanol–water partition coefficient (Wildman–Crippen LogP) is 9.00. The predicted molar refractivity (Wildman–Crippen MR) is 209 cm³/mol. The van der Waals surface area contributed by atoms with Gasteiger partial charge in [0.15, 0.2) is 0 Å². The summed E-state index contributed by atoms with van der Waals surface area (Å²) < 4.78 is 5.83. The molecule has 0 radical (unpaired) electrons. The van der Waals surface area contributed by atoms with Gasteiger partial charge < -0.3 is 0 Å². The third-order valence-corrected chi connectivity index (χ3v) is 15.0. The summed E-state index contributed by atoms with van der Waals surface area (Å²) >= 11 is -2.80. The lowest BCUT2D eigenvalue weighted by Crippen LogP contribution is -2.74. The maximum Gasteiger partial charge on any atom is 0.266 e. The van der Waals surface area contributed by atoms with Gasteiger partial charge in [0.1, 0.15) is 0 Å². The van der Waals surface area contributed by atoms with Gasteiger partial charge in [-0.2, -0.15) is 0 Å². The minimum atomic E-state index is -2.80. The van der Waals surface area contributed by atoms with Crippen molar-refractivity contribution in [1.82, 2.24) is 0 Å². The van der Waals surface area contributed by atoms with Gasteiger partial charge in [-0.05, 0) is 100 Å². The molecule has 7 aromatic carbocycles. The van der Waals surface area contributed by atoms with E-state index < -0.39 is 13.1 Å². The van der Waals surface area contributed by atoms with Gasteiger partial charge in [-0.3, -0.25) is 0 Å². The topological polar surface area (TPSA) is 0 Å². The summed E-state index contributed by atoms with van der Waals surface area (Å²) in [5, 5.41) is 0. The summed E-state index contributed by atoms with van der Waals surface area (Å²) in [4.78, 5) is 0. The molecule has 0 saturated carbocycles. The van der Waals surface area contributed by atoms with E-state index in [4.69, 9.17) is 0 Å². The van der Waals surface area contributed by atoms with Crippen molar-refractivity contribution in [2.75, 3.05) is 0 Å². The number of aryl methyl sites for hydroxylation is 4. The Bertz CT molecular complexity index is 1710. The Morgan fingerprint density at radius 3 is 0.688 bits per heavy atom. The normalized spacial score (nSPS) is 10.9. The molecule has 0 bridgehead atoms. The Morgan fingerprint density at radius 2 is 0.479 bits per heavy atom. The van der Waals surface area contributed by atoms with Crippen molar-refractivity contribution in [3.8, 4) is 0 Å². The molecule has 0 spiro atoms. The van der Waals surface area contributed by atoms with Crippen LogP contribution in [0, 0.1) is 33.6 Å². The third-order valence-electron chi connectivity index (χ3n) is 9.50. The average molecular weight is 635 g/mol. The Hall–Kier alpha value is -5.06.